The zero-order chi connectivity index (χ0) is 12.0. The first kappa shape index (κ1) is 12.5. The molecule has 16 heavy (non-hydrogen) atoms. The van der Waals surface area contributed by atoms with E-state index in [0.717, 1.165) is 5.56 Å². The topological polar surface area (TPSA) is 50.4 Å². The number of urea groups is 1. The molecule has 1 rings (SSSR count). The molecule has 1 aromatic carbocycles. The number of hydrogen-bond donors (Lipinski definition) is 2. The second-order valence-electron chi connectivity index (χ2n) is 4.58. The number of carbonyl (C=O) groups is 1. The molecule has 88 valence electrons. The largest absolute Gasteiger partial charge is 0.339 e. The van der Waals surface area contributed by atoms with Gasteiger partial charge in [0.25, 0.3) is 0 Å². The van der Waals surface area contributed by atoms with E-state index < -0.39 is 0 Å². The minimum Gasteiger partial charge on any atom is -0.332 e. The third-order valence-electron chi connectivity index (χ3n) is 1.74. The van der Waals surface area contributed by atoms with Gasteiger partial charge >= 0.3 is 6.03 Å². The molecule has 4 nitrogen and oxygen atoms in total. The molecule has 1 aromatic rings. The van der Waals surface area contributed by atoms with Crippen LogP contribution in [0.4, 0.5) is 4.79 Å². The van der Waals surface area contributed by atoms with Gasteiger partial charge in [-0.05, 0) is 26.3 Å². The van der Waals surface area contributed by atoms with Crippen LogP contribution in [-0.4, -0.2) is 11.6 Å². The number of hydrogen-bond acceptors (Lipinski definition) is 2. The maximum absolute atomic E-state index is 11.3. The molecule has 0 aliphatic carbocycles. The van der Waals surface area contributed by atoms with Gasteiger partial charge in [0.05, 0.1) is 6.61 Å². The van der Waals surface area contributed by atoms with Crippen LogP contribution in [0, 0.1) is 0 Å². The van der Waals surface area contributed by atoms with Crippen molar-refractivity contribution in [2.45, 2.75) is 32.9 Å². The Kier molecular flexibility index (Phi) is 4.31. The van der Waals surface area contributed by atoms with E-state index >= 15 is 0 Å². The van der Waals surface area contributed by atoms with E-state index in [9.17, 15) is 4.79 Å². The zero-order valence-electron chi connectivity index (χ0n) is 9.91. The van der Waals surface area contributed by atoms with Crippen molar-refractivity contribution in [3.8, 4) is 0 Å². The molecule has 0 heterocycles. The fourth-order valence-electron chi connectivity index (χ4n) is 1.13. The SMILES string of the molecule is CC(C)(C)NC(=O)NOCc1ccccc1. The summed E-state index contributed by atoms with van der Waals surface area (Å²) < 4.78 is 0. The third kappa shape index (κ3) is 5.36. The highest BCUT2D eigenvalue weighted by molar-refractivity contribution is 5.73. The molecular formula is C12H18N2O2. The van der Waals surface area contributed by atoms with Crippen LogP contribution in [0.2, 0.25) is 0 Å². The van der Waals surface area contributed by atoms with Gasteiger partial charge in [0.15, 0.2) is 0 Å². The molecule has 0 radical (unpaired) electrons. The average Bonchev–Trinajstić information content (AvgIpc) is 2.16. The van der Waals surface area contributed by atoms with Gasteiger partial charge in [0, 0.05) is 5.54 Å². The molecule has 0 saturated carbocycles. The highest BCUT2D eigenvalue weighted by Gasteiger charge is 2.12. The Morgan fingerprint density at radius 1 is 1.25 bits per heavy atom. The lowest BCUT2D eigenvalue weighted by Gasteiger charge is -2.20. The van der Waals surface area contributed by atoms with Gasteiger partial charge in [0.1, 0.15) is 0 Å². The number of hydroxylamine groups is 1. The first-order chi connectivity index (χ1) is 7.47. The summed E-state index contributed by atoms with van der Waals surface area (Å²) in [5.74, 6) is 0. The van der Waals surface area contributed by atoms with Crippen molar-refractivity contribution in [3.63, 3.8) is 0 Å². The fraction of sp³-hybridized carbons (Fsp3) is 0.417. The summed E-state index contributed by atoms with van der Waals surface area (Å²) in [6.45, 7) is 6.08. The highest BCUT2D eigenvalue weighted by atomic mass is 16.7. The van der Waals surface area contributed by atoms with E-state index in [1.165, 1.54) is 0 Å². The first-order valence-electron chi connectivity index (χ1n) is 5.21. The van der Waals surface area contributed by atoms with Crippen LogP contribution < -0.4 is 10.8 Å². The van der Waals surface area contributed by atoms with Crippen molar-refractivity contribution in [1.29, 1.82) is 0 Å². The zero-order valence-corrected chi connectivity index (χ0v) is 9.91. The van der Waals surface area contributed by atoms with Crippen LogP contribution in [0.3, 0.4) is 0 Å². The maximum atomic E-state index is 11.3. The Labute approximate surface area is 95.9 Å². The lowest BCUT2D eigenvalue weighted by Crippen LogP contribution is -2.46. The van der Waals surface area contributed by atoms with Crippen molar-refractivity contribution in [1.82, 2.24) is 10.8 Å². The second-order valence-corrected chi connectivity index (χ2v) is 4.58. The molecule has 0 aliphatic rings. The van der Waals surface area contributed by atoms with Crippen molar-refractivity contribution >= 4 is 6.03 Å². The van der Waals surface area contributed by atoms with E-state index in [1.54, 1.807) is 0 Å². The molecule has 2 amide bonds. The van der Waals surface area contributed by atoms with Crippen molar-refractivity contribution in [2.24, 2.45) is 0 Å². The molecule has 0 unspecified atom stereocenters. The Morgan fingerprint density at radius 3 is 2.44 bits per heavy atom. The van der Waals surface area contributed by atoms with Gasteiger partial charge in [-0.3, -0.25) is 4.84 Å². The van der Waals surface area contributed by atoms with E-state index in [0.29, 0.717) is 6.61 Å². The number of benzene rings is 1. The van der Waals surface area contributed by atoms with Crippen molar-refractivity contribution in [3.05, 3.63) is 35.9 Å². The summed E-state index contributed by atoms with van der Waals surface area (Å²) >= 11 is 0. The van der Waals surface area contributed by atoms with Gasteiger partial charge in [-0.1, -0.05) is 30.3 Å². The third-order valence-corrected chi connectivity index (χ3v) is 1.74. The van der Waals surface area contributed by atoms with Crippen LogP contribution in [0.15, 0.2) is 30.3 Å². The van der Waals surface area contributed by atoms with Crippen LogP contribution in [0.1, 0.15) is 26.3 Å². The number of nitrogens with one attached hydrogen (secondary N) is 2. The fourth-order valence-corrected chi connectivity index (χ4v) is 1.13. The predicted octanol–water partition coefficient (Wildman–Crippen LogP) is 2.22. The average molecular weight is 222 g/mol. The molecule has 0 aliphatic heterocycles. The smallest absolute Gasteiger partial charge is 0.332 e. The first-order valence-corrected chi connectivity index (χ1v) is 5.21. The molecule has 0 atom stereocenters. The molecule has 0 bridgehead atoms. The standard InChI is InChI=1S/C12H18N2O2/c1-12(2,3)13-11(15)14-16-9-10-7-5-4-6-8-10/h4-8H,9H2,1-3H3,(H2,13,14,15). The van der Waals surface area contributed by atoms with Crippen LogP contribution in [-0.2, 0) is 11.4 Å². The highest BCUT2D eigenvalue weighted by Crippen LogP contribution is 2.00. The number of carbonyl (C=O) groups excluding carboxylic acids is 1. The van der Waals surface area contributed by atoms with Crippen molar-refractivity contribution < 1.29 is 9.63 Å². The van der Waals surface area contributed by atoms with Crippen LogP contribution >= 0.6 is 0 Å². The van der Waals surface area contributed by atoms with Crippen LogP contribution in [0.25, 0.3) is 0 Å². The summed E-state index contributed by atoms with van der Waals surface area (Å²) in [4.78, 5) is 16.4. The van der Waals surface area contributed by atoms with Crippen molar-refractivity contribution in [2.75, 3.05) is 0 Å². The maximum Gasteiger partial charge on any atom is 0.339 e. The summed E-state index contributed by atoms with van der Waals surface area (Å²) in [5.41, 5.74) is 3.09. The normalized spacial score (nSPS) is 10.9. The molecule has 0 saturated heterocycles. The van der Waals surface area contributed by atoms with E-state index in [4.69, 9.17) is 4.84 Å². The second kappa shape index (κ2) is 5.51. The van der Waals surface area contributed by atoms with E-state index in [2.05, 4.69) is 10.8 Å². The Bertz CT molecular complexity index is 331. The van der Waals surface area contributed by atoms with Gasteiger partial charge in [-0.15, -0.1) is 0 Å². The molecule has 0 spiro atoms. The monoisotopic (exact) mass is 222 g/mol. The molecule has 0 fully saturated rings. The molecule has 4 heteroatoms. The molecule has 2 N–H and O–H groups in total. The number of amides is 2. The Balaban J connectivity index is 2.24. The Hall–Kier alpha value is -1.55. The predicted molar refractivity (Wildman–Crippen MR) is 62.7 cm³/mol. The van der Waals surface area contributed by atoms with E-state index in [-0.39, 0.29) is 11.6 Å². The van der Waals surface area contributed by atoms with Gasteiger partial charge in [-0.2, -0.15) is 0 Å². The quantitative estimate of drug-likeness (QED) is 0.770. The van der Waals surface area contributed by atoms with E-state index in [1.807, 2.05) is 51.1 Å². The summed E-state index contributed by atoms with van der Waals surface area (Å²) in [7, 11) is 0. The van der Waals surface area contributed by atoms with Gasteiger partial charge < -0.3 is 5.32 Å². The number of rotatable bonds is 3. The summed E-state index contributed by atoms with van der Waals surface area (Å²) in [5, 5.41) is 2.73. The summed E-state index contributed by atoms with van der Waals surface area (Å²) in [6, 6.07) is 9.32. The van der Waals surface area contributed by atoms with Crippen LogP contribution in [0.5, 0.6) is 0 Å². The molecule has 0 aromatic heterocycles. The van der Waals surface area contributed by atoms with Gasteiger partial charge in [-0.25, -0.2) is 10.3 Å². The lowest BCUT2D eigenvalue weighted by atomic mass is 10.1. The Morgan fingerprint density at radius 2 is 1.88 bits per heavy atom. The minimum atomic E-state index is -0.330. The van der Waals surface area contributed by atoms with Gasteiger partial charge in [0.2, 0.25) is 0 Å². The molecular weight excluding hydrogens is 204 g/mol. The summed E-state index contributed by atoms with van der Waals surface area (Å²) in [6.07, 6.45) is 0. The lowest BCUT2D eigenvalue weighted by molar-refractivity contribution is 0.0471. The minimum absolute atomic E-state index is 0.264.